The Morgan fingerprint density at radius 2 is 2.00 bits per heavy atom. The van der Waals surface area contributed by atoms with Gasteiger partial charge in [-0.05, 0) is 72.0 Å². The van der Waals surface area contributed by atoms with Gasteiger partial charge in [-0.25, -0.2) is 4.79 Å². The SMILES string of the molecule is CCO[C@H](CCO)[C@H](OC(=O)Nc1ccc(C#N)cc1)c1cc(I)ccc1O. The predicted molar refractivity (Wildman–Crippen MR) is 112 cm³/mol. The fourth-order valence-corrected chi connectivity index (χ4v) is 3.16. The third-order valence-electron chi connectivity index (χ3n) is 3.92. The molecule has 2 aromatic carbocycles. The zero-order valence-corrected chi connectivity index (χ0v) is 17.4. The number of aliphatic hydroxyl groups excluding tert-OH is 1. The lowest BCUT2D eigenvalue weighted by molar-refractivity contribution is -0.0491. The van der Waals surface area contributed by atoms with E-state index in [0.29, 0.717) is 23.4 Å². The fourth-order valence-electron chi connectivity index (χ4n) is 2.65. The van der Waals surface area contributed by atoms with E-state index >= 15 is 0 Å². The zero-order chi connectivity index (χ0) is 20.5. The number of amides is 1. The van der Waals surface area contributed by atoms with Crippen molar-refractivity contribution in [1.82, 2.24) is 0 Å². The van der Waals surface area contributed by atoms with E-state index in [1.165, 1.54) is 6.07 Å². The molecule has 0 saturated heterocycles. The van der Waals surface area contributed by atoms with Crippen molar-refractivity contribution in [2.45, 2.75) is 25.6 Å². The molecular weight excluding hydrogens is 475 g/mol. The van der Waals surface area contributed by atoms with E-state index < -0.39 is 18.3 Å². The number of carbonyl (C=O) groups is 1. The quantitative estimate of drug-likeness (QED) is 0.478. The summed E-state index contributed by atoms with van der Waals surface area (Å²) in [6, 6.07) is 13.3. The predicted octanol–water partition coefficient (Wildman–Crippen LogP) is 3.95. The molecule has 0 saturated carbocycles. The molecule has 2 rings (SSSR count). The van der Waals surface area contributed by atoms with Gasteiger partial charge in [-0.3, -0.25) is 5.32 Å². The third kappa shape index (κ3) is 6.09. The van der Waals surface area contributed by atoms with Crippen molar-refractivity contribution in [2.24, 2.45) is 0 Å². The second-order valence-electron chi connectivity index (χ2n) is 5.85. The maximum Gasteiger partial charge on any atom is 0.412 e. The molecule has 7 nitrogen and oxygen atoms in total. The van der Waals surface area contributed by atoms with Gasteiger partial charge in [0.1, 0.15) is 11.9 Å². The number of hydrogen-bond donors (Lipinski definition) is 3. The second kappa shape index (κ2) is 10.8. The van der Waals surface area contributed by atoms with Crippen LogP contribution in [-0.2, 0) is 9.47 Å². The van der Waals surface area contributed by atoms with Gasteiger partial charge in [0.05, 0.1) is 11.6 Å². The number of phenolic OH excluding ortho intramolecular Hbond substituents is 1. The van der Waals surface area contributed by atoms with E-state index in [0.717, 1.165) is 3.57 Å². The summed E-state index contributed by atoms with van der Waals surface area (Å²) in [5.41, 5.74) is 1.33. The molecule has 1 amide bonds. The first-order chi connectivity index (χ1) is 13.5. The first-order valence-electron chi connectivity index (χ1n) is 8.67. The lowest BCUT2D eigenvalue weighted by Crippen LogP contribution is -2.30. The van der Waals surface area contributed by atoms with E-state index in [4.69, 9.17) is 14.7 Å². The highest BCUT2D eigenvalue weighted by molar-refractivity contribution is 14.1. The van der Waals surface area contributed by atoms with E-state index in [1.54, 1.807) is 43.3 Å². The van der Waals surface area contributed by atoms with Gasteiger partial charge in [0.2, 0.25) is 0 Å². The van der Waals surface area contributed by atoms with Gasteiger partial charge in [-0.15, -0.1) is 0 Å². The van der Waals surface area contributed by atoms with Crippen molar-refractivity contribution in [1.29, 1.82) is 5.26 Å². The standard InChI is InChI=1S/C20H21IN2O5/c1-2-27-18(9-10-24)19(16-11-14(21)5-8-17(16)25)28-20(26)23-15-6-3-13(12-22)4-7-15/h3-8,11,18-19,24-25H,2,9-10H2,1H3,(H,23,26)/t18-,19-/m1/s1. The van der Waals surface area contributed by atoms with Gasteiger partial charge in [0.15, 0.2) is 6.10 Å². The molecule has 0 bridgehead atoms. The number of ether oxygens (including phenoxy) is 2. The Morgan fingerprint density at radius 1 is 1.29 bits per heavy atom. The lowest BCUT2D eigenvalue weighted by Gasteiger charge is -2.27. The monoisotopic (exact) mass is 496 g/mol. The van der Waals surface area contributed by atoms with E-state index in [1.807, 2.05) is 6.07 Å². The van der Waals surface area contributed by atoms with Crippen molar-refractivity contribution >= 4 is 34.4 Å². The fraction of sp³-hybridized carbons (Fsp3) is 0.300. The van der Waals surface area contributed by atoms with Crippen LogP contribution in [0.2, 0.25) is 0 Å². The smallest absolute Gasteiger partial charge is 0.412 e. The molecule has 148 valence electrons. The summed E-state index contributed by atoms with van der Waals surface area (Å²) >= 11 is 2.10. The highest BCUT2D eigenvalue weighted by Crippen LogP contribution is 2.33. The number of halogens is 1. The van der Waals surface area contributed by atoms with Crippen LogP contribution in [-0.4, -0.2) is 35.6 Å². The molecule has 0 heterocycles. The highest BCUT2D eigenvalue weighted by Gasteiger charge is 2.30. The van der Waals surface area contributed by atoms with Gasteiger partial charge < -0.3 is 19.7 Å². The van der Waals surface area contributed by atoms with Crippen molar-refractivity contribution < 1.29 is 24.5 Å². The average Bonchev–Trinajstić information content (AvgIpc) is 2.68. The van der Waals surface area contributed by atoms with Crippen molar-refractivity contribution in [3.8, 4) is 11.8 Å². The Kier molecular flexibility index (Phi) is 8.50. The number of nitrogens with zero attached hydrogens (tertiary/aromatic N) is 1. The Hall–Kier alpha value is -2.35. The summed E-state index contributed by atoms with van der Waals surface area (Å²) in [6.45, 7) is 1.99. The number of hydrogen-bond acceptors (Lipinski definition) is 6. The number of aromatic hydroxyl groups is 1. The number of rotatable bonds is 8. The maximum absolute atomic E-state index is 12.5. The molecule has 2 atom stereocenters. The zero-order valence-electron chi connectivity index (χ0n) is 15.3. The van der Waals surface area contributed by atoms with E-state index in [2.05, 4.69) is 27.9 Å². The van der Waals surface area contributed by atoms with Crippen LogP contribution < -0.4 is 5.32 Å². The number of nitriles is 1. The molecule has 2 aromatic rings. The Labute approximate surface area is 177 Å². The molecule has 28 heavy (non-hydrogen) atoms. The molecule has 0 spiro atoms. The van der Waals surface area contributed by atoms with Gasteiger partial charge in [0, 0.05) is 34.5 Å². The molecule has 0 unspecified atom stereocenters. The average molecular weight is 496 g/mol. The molecule has 8 heteroatoms. The number of carbonyl (C=O) groups excluding carboxylic acids is 1. The molecule has 0 aliphatic rings. The van der Waals surface area contributed by atoms with Crippen LogP contribution >= 0.6 is 22.6 Å². The summed E-state index contributed by atoms with van der Waals surface area (Å²) in [6.07, 6.45) is -2.06. The van der Waals surface area contributed by atoms with E-state index in [9.17, 15) is 15.0 Å². The third-order valence-corrected chi connectivity index (χ3v) is 4.59. The van der Waals surface area contributed by atoms with Crippen molar-refractivity contribution in [2.75, 3.05) is 18.5 Å². The first kappa shape index (κ1) is 21.9. The summed E-state index contributed by atoms with van der Waals surface area (Å²) in [5.74, 6) is -0.0285. The second-order valence-corrected chi connectivity index (χ2v) is 7.09. The highest BCUT2D eigenvalue weighted by atomic mass is 127. The van der Waals surface area contributed by atoms with Crippen LogP contribution in [0.4, 0.5) is 10.5 Å². The Morgan fingerprint density at radius 3 is 2.61 bits per heavy atom. The minimum absolute atomic E-state index is 0.0285. The van der Waals surface area contributed by atoms with Gasteiger partial charge in [-0.2, -0.15) is 5.26 Å². The lowest BCUT2D eigenvalue weighted by atomic mass is 10.0. The summed E-state index contributed by atoms with van der Waals surface area (Å²) in [7, 11) is 0. The van der Waals surface area contributed by atoms with Crippen LogP contribution in [0, 0.1) is 14.9 Å². The van der Waals surface area contributed by atoms with Gasteiger partial charge >= 0.3 is 6.09 Å². The van der Waals surface area contributed by atoms with Crippen molar-refractivity contribution in [3.05, 3.63) is 57.2 Å². The largest absolute Gasteiger partial charge is 0.508 e. The molecular formula is C20H21IN2O5. The van der Waals surface area contributed by atoms with E-state index in [-0.39, 0.29) is 18.8 Å². The molecule has 0 aliphatic carbocycles. The van der Waals surface area contributed by atoms with Crippen LogP contribution in [0.25, 0.3) is 0 Å². The Bertz CT molecular complexity index is 829. The van der Waals surface area contributed by atoms with Crippen LogP contribution in [0.15, 0.2) is 42.5 Å². The molecule has 0 radical (unpaired) electrons. The number of aliphatic hydroxyl groups is 1. The van der Waals surface area contributed by atoms with Crippen LogP contribution in [0.3, 0.4) is 0 Å². The minimum atomic E-state index is -0.916. The summed E-state index contributed by atoms with van der Waals surface area (Å²) in [4.78, 5) is 12.5. The molecule has 3 N–H and O–H groups in total. The summed E-state index contributed by atoms with van der Waals surface area (Å²) < 4.78 is 12.1. The number of anilines is 1. The Balaban J connectivity index is 2.25. The first-order valence-corrected chi connectivity index (χ1v) is 9.75. The van der Waals surface area contributed by atoms with Gasteiger partial charge in [-0.1, -0.05) is 0 Å². The van der Waals surface area contributed by atoms with Gasteiger partial charge in [0.25, 0.3) is 0 Å². The maximum atomic E-state index is 12.5. The summed E-state index contributed by atoms with van der Waals surface area (Å²) in [5, 5.41) is 31.1. The normalized spacial score (nSPS) is 12.6. The number of benzene rings is 2. The topological polar surface area (TPSA) is 112 Å². The van der Waals surface area contributed by atoms with Crippen LogP contribution in [0.5, 0.6) is 5.75 Å². The molecule has 0 fully saturated rings. The van der Waals surface area contributed by atoms with Crippen LogP contribution in [0.1, 0.15) is 30.6 Å². The molecule has 0 aromatic heterocycles. The van der Waals surface area contributed by atoms with Crippen molar-refractivity contribution in [3.63, 3.8) is 0 Å². The number of nitrogens with one attached hydrogen (secondary N) is 1. The number of phenols is 1. The minimum Gasteiger partial charge on any atom is -0.508 e. The molecule has 0 aliphatic heterocycles.